The van der Waals surface area contributed by atoms with Crippen molar-refractivity contribution >= 4 is 27.5 Å². The molecule has 1 aromatic carbocycles. The summed E-state index contributed by atoms with van der Waals surface area (Å²) in [6.45, 7) is 0. The van der Waals surface area contributed by atoms with Crippen LogP contribution in [0.1, 0.15) is 17.2 Å². The van der Waals surface area contributed by atoms with Crippen LogP contribution in [-0.2, 0) is 7.05 Å². The van der Waals surface area contributed by atoms with E-state index in [1.165, 1.54) is 0 Å². The third kappa shape index (κ3) is 2.89. The maximum Gasteiger partial charge on any atom is 0.0606 e. The Labute approximate surface area is 114 Å². The van der Waals surface area contributed by atoms with Crippen LogP contribution in [0.5, 0.6) is 0 Å². The molecule has 1 N–H and O–H groups in total. The Morgan fingerprint density at radius 3 is 2.65 bits per heavy atom. The molecule has 0 spiro atoms. The lowest BCUT2D eigenvalue weighted by Gasteiger charge is -2.15. The van der Waals surface area contributed by atoms with Crippen molar-refractivity contribution in [1.82, 2.24) is 15.1 Å². The molecule has 1 unspecified atom stereocenters. The van der Waals surface area contributed by atoms with Crippen molar-refractivity contribution in [3.63, 3.8) is 0 Å². The summed E-state index contributed by atoms with van der Waals surface area (Å²) in [7, 11) is 3.83. The number of halogens is 2. The number of nitrogens with one attached hydrogen (secondary N) is 1. The molecule has 0 bridgehead atoms. The van der Waals surface area contributed by atoms with Crippen LogP contribution in [0.3, 0.4) is 0 Å². The summed E-state index contributed by atoms with van der Waals surface area (Å²) in [6.07, 6.45) is 3.85. The zero-order valence-electron chi connectivity index (χ0n) is 9.61. The molecule has 2 rings (SSSR count). The first-order valence-corrected chi connectivity index (χ1v) is 6.39. The number of benzene rings is 1. The summed E-state index contributed by atoms with van der Waals surface area (Å²) in [5.41, 5.74) is 2.23. The maximum absolute atomic E-state index is 6.07. The van der Waals surface area contributed by atoms with E-state index < -0.39 is 0 Å². The van der Waals surface area contributed by atoms with Crippen LogP contribution in [0.25, 0.3) is 0 Å². The van der Waals surface area contributed by atoms with E-state index in [1.807, 2.05) is 38.6 Å². The van der Waals surface area contributed by atoms with Gasteiger partial charge < -0.3 is 5.32 Å². The highest BCUT2D eigenvalue weighted by atomic mass is 79.9. The first-order valence-electron chi connectivity index (χ1n) is 5.22. The molecule has 0 saturated carbocycles. The largest absolute Gasteiger partial charge is 0.309 e. The fraction of sp³-hybridized carbons (Fsp3) is 0.250. The zero-order valence-corrected chi connectivity index (χ0v) is 12.0. The molecule has 0 amide bonds. The van der Waals surface area contributed by atoms with Crippen LogP contribution < -0.4 is 5.32 Å². The van der Waals surface area contributed by atoms with Gasteiger partial charge in [-0.1, -0.05) is 27.5 Å². The first-order chi connectivity index (χ1) is 8.10. The van der Waals surface area contributed by atoms with Crippen LogP contribution in [0.15, 0.2) is 35.1 Å². The smallest absolute Gasteiger partial charge is 0.0606 e. The third-order valence-corrected chi connectivity index (χ3v) is 3.24. The summed E-state index contributed by atoms with van der Waals surface area (Å²) in [6, 6.07) is 5.99. The van der Waals surface area contributed by atoms with Gasteiger partial charge in [-0.2, -0.15) is 5.10 Å². The third-order valence-electron chi connectivity index (χ3n) is 2.57. The number of hydrogen-bond acceptors (Lipinski definition) is 2. The normalized spacial score (nSPS) is 12.7. The van der Waals surface area contributed by atoms with Crippen molar-refractivity contribution in [2.45, 2.75) is 6.04 Å². The Morgan fingerprint density at radius 2 is 2.12 bits per heavy atom. The van der Waals surface area contributed by atoms with Gasteiger partial charge in [-0.15, -0.1) is 0 Å². The molecular formula is C12H13BrClN3. The Hall–Kier alpha value is -0.840. The average Bonchev–Trinajstić information content (AvgIpc) is 2.64. The van der Waals surface area contributed by atoms with Crippen LogP contribution in [0.4, 0.5) is 0 Å². The Bertz CT molecular complexity index is 504. The molecule has 1 aromatic heterocycles. The van der Waals surface area contributed by atoms with E-state index in [1.54, 1.807) is 4.68 Å². The van der Waals surface area contributed by atoms with Crippen LogP contribution in [-0.4, -0.2) is 16.8 Å². The summed E-state index contributed by atoms with van der Waals surface area (Å²) >= 11 is 9.52. The summed E-state index contributed by atoms with van der Waals surface area (Å²) in [5, 5.41) is 8.18. The molecule has 90 valence electrons. The summed E-state index contributed by atoms with van der Waals surface area (Å²) in [4.78, 5) is 0. The van der Waals surface area contributed by atoms with E-state index >= 15 is 0 Å². The molecule has 0 aliphatic carbocycles. The van der Waals surface area contributed by atoms with Crippen molar-refractivity contribution in [2.75, 3.05) is 7.05 Å². The lowest BCUT2D eigenvalue weighted by Crippen LogP contribution is -2.17. The average molecular weight is 315 g/mol. The highest BCUT2D eigenvalue weighted by molar-refractivity contribution is 9.10. The van der Waals surface area contributed by atoms with E-state index in [9.17, 15) is 0 Å². The van der Waals surface area contributed by atoms with Gasteiger partial charge in [0.25, 0.3) is 0 Å². The molecule has 3 nitrogen and oxygen atoms in total. The Kier molecular flexibility index (Phi) is 3.86. The van der Waals surface area contributed by atoms with Gasteiger partial charge in [0.15, 0.2) is 0 Å². The van der Waals surface area contributed by atoms with Crippen molar-refractivity contribution in [2.24, 2.45) is 7.05 Å². The fourth-order valence-corrected chi connectivity index (χ4v) is 2.74. The minimum absolute atomic E-state index is 0.0960. The van der Waals surface area contributed by atoms with Crippen LogP contribution in [0.2, 0.25) is 5.02 Å². The monoisotopic (exact) mass is 313 g/mol. The van der Waals surface area contributed by atoms with E-state index in [0.29, 0.717) is 0 Å². The van der Waals surface area contributed by atoms with Gasteiger partial charge >= 0.3 is 0 Å². The summed E-state index contributed by atoms with van der Waals surface area (Å²) in [5.74, 6) is 0. The van der Waals surface area contributed by atoms with Gasteiger partial charge in [-0.3, -0.25) is 4.68 Å². The second-order valence-electron chi connectivity index (χ2n) is 3.87. The van der Waals surface area contributed by atoms with Crippen LogP contribution in [0, 0.1) is 0 Å². The van der Waals surface area contributed by atoms with E-state index in [0.717, 1.165) is 20.6 Å². The SMILES string of the molecule is CNC(c1cc(Cl)cc(Br)c1)c1cnn(C)c1. The molecule has 17 heavy (non-hydrogen) atoms. The molecule has 0 fully saturated rings. The van der Waals surface area contributed by atoms with Gasteiger partial charge in [0.2, 0.25) is 0 Å². The molecule has 0 aliphatic rings. The van der Waals surface area contributed by atoms with E-state index in [2.05, 4.69) is 32.4 Å². The molecular weight excluding hydrogens is 302 g/mol. The van der Waals surface area contributed by atoms with Crippen LogP contribution >= 0.6 is 27.5 Å². The minimum atomic E-state index is 0.0960. The van der Waals surface area contributed by atoms with Gasteiger partial charge in [-0.05, 0) is 30.8 Å². The van der Waals surface area contributed by atoms with Gasteiger partial charge in [0.1, 0.15) is 0 Å². The molecule has 1 heterocycles. The highest BCUT2D eigenvalue weighted by Crippen LogP contribution is 2.27. The number of hydrogen-bond donors (Lipinski definition) is 1. The second-order valence-corrected chi connectivity index (χ2v) is 5.22. The van der Waals surface area contributed by atoms with Gasteiger partial charge in [0.05, 0.1) is 12.2 Å². The topological polar surface area (TPSA) is 29.9 Å². The standard InChI is InChI=1S/C12H13BrClN3/c1-15-12(9-6-16-17(2)7-9)8-3-10(13)5-11(14)4-8/h3-7,12,15H,1-2H3. The van der Waals surface area contributed by atoms with E-state index in [-0.39, 0.29) is 6.04 Å². The number of rotatable bonds is 3. The molecule has 1 atom stereocenters. The predicted molar refractivity (Wildman–Crippen MR) is 73.3 cm³/mol. The summed E-state index contributed by atoms with van der Waals surface area (Å²) < 4.78 is 2.77. The number of aromatic nitrogens is 2. The lowest BCUT2D eigenvalue weighted by atomic mass is 10.0. The number of nitrogens with zero attached hydrogens (tertiary/aromatic N) is 2. The predicted octanol–water partition coefficient (Wildman–Crippen LogP) is 3.14. The highest BCUT2D eigenvalue weighted by Gasteiger charge is 2.14. The molecule has 5 heteroatoms. The minimum Gasteiger partial charge on any atom is -0.309 e. The van der Waals surface area contributed by atoms with Gasteiger partial charge in [-0.25, -0.2) is 0 Å². The molecule has 2 aromatic rings. The van der Waals surface area contributed by atoms with E-state index in [4.69, 9.17) is 11.6 Å². The maximum atomic E-state index is 6.07. The molecule has 0 aliphatic heterocycles. The van der Waals surface area contributed by atoms with Crippen molar-refractivity contribution in [3.8, 4) is 0 Å². The first kappa shape index (κ1) is 12.6. The van der Waals surface area contributed by atoms with Crippen molar-refractivity contribution in [1.29, 1.82) is 0 Å². The number of aryl methyl sites for hydroxylation is 1. The Morgan fingerprint density at radius 1 is 1.35 bits per heavy atom. The zero-order chi connectivity index (χ0) is 12.4. The fourth-order valence-electron chi connectivity index (χ4n) is 1.86. The second kappa shape index (κ2) is 5.21. The lowest BCUT2D eigenvalue weighted by molar-refractivity contribution is 0.689. The Balaban J connectivity index is 2.41. The van der Waals surface area contributed by atoms with Gasteiger partial charge in [0, 0.05) is 28.3 Å². The molecule has 0 radical (unpaired) electrons. The quantitative estimate of drug-likeness (QED) is 0.943. The molecule has 0 saturated heterocycles. The van der Waals surface area contributed by atoms with Crippen molar-refractivity contribution in [3.05, 3.63) is 51.2 Å². The van der Waals surface area contributed by atoms with Crippen molar-refractivity contribution < 1.29 is 0 Å².